The van der Waals surface area contributed by atoms with Crippen LogP contribution < -0.4 is 4.90 Å². The van der Waals surface area contributed by atoms with Crippen LogP contribution in [0.15, 0.2) is 36.4 Å². The average molecular weight is 607 g/mol. The first-order chi connectivity index (χ1) is 21.2. The third kappa shape index (κ3) is 6.99. The Morgan fingerprint density at radius 1 is 0.927 bits per heavy atom. The number of methoxy groups -OCH3 is 1. The van der Waals surface area contributed by atoms with Crippen molar-refractivity contribution in [1.82, 2.24) is 4.90 Å². The first kappa shape index (κ1) is 24.0. The third-order valence-electron chi connectivity index (χ3n) is 6.25. The maximum Gasteiger partial charge on any atom is 0.416 e. The van der Waals surface area contributed by atoms with Gasteiger partial charge in [-0.2, -0.15) is 39.5 Å². The average Bonchev–Trinajstić information content (AvgIpc) is 2.90. The van der Waals surface area contributed by atoms with Crippen molar-refractivity contribution in [3.8, 4) is 0 Å². The minimum Gasteiger partial charge on any atom is -0.453 e. The first-order valence-electron chi connectivity index (χ1n) is 14.5. The van der Waals surface area contributed by atoms with Crippen molar-refractivity contribution in [1.29, 1.82) is 0 Å². The summed E-state index contributed by atoms with van der Waals surface area (Å²) in [5, 5.41) is 0. The summed E-state index contributed by atoms with van der Waals surface area (Å²) in [6, 6.07) is -1.23. The van der Waals surface area contributed by atoms with Crippen LogP contribution in [-0.2, 0) is 34.5 Å². The molecule has 3 rings (SSSR count). The Morgan fingerprint density at radius 2 is 1.54 bits per heavy atom. The van der Waals surface area contributed by atoms with E-state index in [0.29, 0.717) is 34.1 Å². The van der Waals surface area contributed by atoms with Crippen molar-refractivity contribution in [3.05, 3.63) is 64.2 Å². The SMILES string of the molecule is [2H]C([2H])([2H])COC(=O)N1c2ccc(C(F)(F)F)cc2C(N(Cc2cc(C(F)(F)F)cc(C(F)(F)F)c2)C(=O)OC)CC1CC([2H])([2H])[2H]. The Balaban J connectivity index is 2.28. The van der Waals surface area contributed by atoms with E-state index in [1.165, 1.54) is 0 Å². The van der Waals surface area contributed by atoms with Gasteiger partial charge in [0.1, 0.15) is 0 Å². The van der Waals surface area contributed by atoms with E-state index in [2.05, 4.69) is 4.74 Å². The van der Waals surface area contributed by atoms with Crippen molar-refractivity contribution in [3.63, 3.8) is 0 Å². The molecule has 0 N–H and O–H groups in total. The van der Waals surface area contributed by atoms with E-state index < -0.39 is 116 Å². The molecule has 2 amide bonds. The zero-order valence-electron chi connectivity index (χ0n) is 26.9. The second-order valence-electron chi connectivity index (χ2n) is 8.82. The Labute approximate surface area is 237 Å². The number of benzene rings is 2. The lowest BCUT2D eigenvalue weighted by Crippen LogP contribution is -2.48. The normalized spacial score (nSPS) is 20.4. The van der Waals surface area contributed by atoms with Crippen LogP contribution >= 0.6 is 0 Å². The van der Waals surface area contributed by atoms with Crippen molar-refractivity contribution >= 4 is 17.9 Å². The van der Waals surface area contributed by atoms with Crippen LogP contribution in [0.4, 0.5) is 54.8 Å². The van der Waals surface area contributed by atoms with E-state index in [1.807, 2.05) is 0 Å². The highest BCUT2D eigenvalue weighted by atomic mass is 19.4. The summed E-state index contributed by atoms with van der Waals surface area (Å²) in [7, 11) is 0.775. The first-order valence-corrected chi connectivity index (χ1v) is 11.5. The van der Waals surface area contributed by atoms with E-state index in [-0.39, 0.29) is 6.07 Å². The number of nitrogens with zero attached hydrogens (tertiary/aromatic N) is 2. The summed E-state index contributed by atoms with van der Waals surface area (Å²) in [6.07, 6.45) is -20.2. The van der Waals surface area contributed by atoms with Gasteiger partial charge in [-0.15, -0.1) is 0 Å². The number of carbonyl (C=O) groups excluding carboxylic acids is 2. The molecule has 1 aliphatic heterocycles. The van der Waals surface area contributed by atoms with Gasteiger partial charge in [0, 0.05) is 20.8 Å². The zero-order chi connectivity index (χ0) is 35.9. The summed E-state index contributed by atoms with van der Waals surface area (Å²) in [6.45, 7) is -7.99. The minimum atomic E-state index is -5.29. The molecule has 2 aromatic carbocycles. The summed E-state index contributed by atoms with van der Waals surface area (Å²) in [5.74, 6) is 0. The predicted molar refractivity (Wildman–Crippen MR) is 127 cm³/mol. The predicted octanol–water partition coefficient (Wildman–Crippen LogP) is 8.20. The minimum absolute atomic E-state index is 0.174. The number of halogens is 9. The number of hydrogen-bond acceptors (Lipinski definition) is 4. The second kappa shape index (κ2) is 11.7. The fourth-order valence-electron chi connectivity index (χ4n) is 4.48. The molecule has 2 aromatic rings. The van der Waals surface area contributed by atoms with E-state index in [1.54, 1.807) is 0 Å². The number of anilines is 1. The van der Waals surface area contributed by atoms with Gasteiger partial charge in [0.05, 0.1) is 42.1 Å². The number of carbonyl (C=O) groups is 2. The Bertz CT molecular complexity index is 1440. The molecule has 0 saturated heterocycles. The largest absolute Gasteiger partial charge is 0.453 e. The molecule has 0 saturated carbocycles. The fourth-order valence-corrected chi connectivity index (χ4v) is 4.48. The molecule has 1 heterocycles. The molecule has 0 spiro atoms. The molecule has 2 atom stereocenters. The summed E-state index contributed by atoms with van der Waals surface area (Å²) in [4.78, 5) is 27.3. The van der Waals surface area contributed by atoms with Gasteiger partial charge in [-0.1, -0.05) is 6.85 Å². The highest BCUT2D eigenvalue weighted by Gasteiger charge is 2.43. The number of hydrogen-bond donors (Lipinski definition) is 0. The van der Waals surface area contributed by atoms with Crippen molar-refractivity contribution in [2.75, 3.05) is 18.6 Å². The van der Waals surface area contributed by atoms with Gasteiger partial charge >= 0.3 is 30.7 Å². The highest BCUT2D eigenvalue weighted by Crippen LogP contribution is 2.45. The van der Waals surface area contributed by atoms with Gasteiger partial charge in [0.15, 0.2) is 0 Å². The van der Waals surface area contributed by atoms with E-state index in [4.69, 9.17) is 13.0 Å². The van der Waals surface area contributed by atoms with E-state index >= 15 is 0 Å². The molecule has 0 bridgehead atoms. The van der Waals surface area contributed by atoms with Crippen molar-refractivity contribution < 1.29 is 66.8 Å². The quantitative estimate of drug-likeness (QED) is 0.322. The monoisotopic (exact) mass is 606 g/mol. The van der Waals surface area contributed by atoms with Crippen LogP contribution in [0, 0.1) is 0 Å². The molecule has 6 nitrogen and oxygen atoms in total. The standard InChI is InChI=1S/C26H25F9N2O4/c1-4-18-12-21(19-11-15(24(27,28)29)6-7-20(19)37(18)23(39)41-5-2)36(22(38)40-3)13-14-8-16(25(30,31)32)10-17(9-14)26(33,34)35/h6-11,18,21H,4-5,12-13H2,1-3H3/i1D3,2D3. The maximum absolute atomic E-state index is 13.8. The van der Waals surface area contributed by atoms with Gasteiger partial charge in [0.2, 0.25) is 0 Å². The molecule has 0 aromatic heterocycles. The van der Waals surface area contributed by atoms with Gasteiger partial charge in [-0.3, -0.25) is 9.80 Å². The second-order valence-corrected chi connectivity index (χ2v) is 8.82. The Hall–Kier alpha value is -3.65. The van der Waals surface area contributed by atoms with Crippen LogP contribution in [0.2, 0.25) is 0 Å². The third-order valence-corrected chi connectivity index (χ3v) is 6.25. The lowest BCUT2D eigenvalue weighted by atomic mass is 9.87. The van der Waals surface area contributed by atoms with Crippen LogP contribution in [0.1, 0.15) is 68.6 Å². The van der Waals surface area contributed by atoms with Crippen LogP contribution in [0.3, 0.4) is 0 Å². The lowest BCUT2D eigenvalue weighted by molar-refractivity contribution is -0.143. The molecule has 0 fully saturated rings. The molecular formula is C26H25F9N2O4. The molecule has 41 heavy (non-hydrogen) atoms. The smallest absolute Gasteiger partial charge is 0.416 e. The van der Waals surface area contributed by atoms with Gasteiger partial charge in [0.25, 0.3) is 0 Å². The number of rotatable bonds is 5. The van der Waals surface area contributed by atoms with Crippen LogP contribution in [0.25, 0.3) is 0 Å². The number of ether oxygens (including phenoxy) is 2. The lowest BCUT2D eigenvalue weighted by Gasteiger charge is -2.43. The number of amides is 2. The summed E-state index contributed by atoms with van der Waals surface area (Å²) in [5.41, 5.74) is -6.65. The van der Waals surface area contributed by atoms with Crippen molar-refractivity contribution in [2.24, 2.45) is 0 Å². The van der Waals surface area contributed by atoms with E-state index in [0.717, 1.165) is 13.2 Å². The zero-order valence-corrected chi connectivity index (χ0v) is 20.9. The topological polar surface area (TPSA) is 59.1 Å². The fraction of sp³-hybridized carbons (Fsp3) is 0.462. The Morgan fingerprint density at radius 3 is 2.05 bits per heavy atom. The van der Waals surface area contributed by atoms with Gasteiger partial charge in [-0.25, -0.2) is 9.59 Å². The molecule has 0 radical (unpaired) electrons. The highest BCUT2D eigenvalue weighted by molar-refractivity contribution is 5.90. The van der Waals surface area contributed by atoms with E-state index in [9.17, 15) is 49.1 Å². The summed E-state index contributed by atoms with van der Waals surface area (Å²) >= 11 is 0. The molecule has 2 unspecified atom stereocenters. The number of alkyl halides is 9. The molecule has 0 aliphatic carbocycles. The van der Waals surface area contributed by atoms with Gasteiger partial charge in [-0.05, 0) is 67.2 Å². The number of fused-ring (bicyclic) bond motifs is 1. The molecule has 1 aliphatic rings. The van der Waals surface area contributed by atoms with Crippen molar-refractivity contribution in [2.45, 2.75) is 63.7 Å². The Kier molecular flexibility index (Phi) is 6.84. The van der Waals surface area contributed by atoms with Crippen LogP contribution in [0.5, 0.6) is 0 Å². The maximum atomic E-state index is 13.8. The molecule has 15 heteroatoms. The molecular weight excluding hydrogens is 575 g/mol. The van der Waals surface area contributed by atoms with Crippen LogP contribution in [-0.4, -0.2) is 36.8 Å². The van der Waals surface area contributed by atoms with Gasteiger partial charge < -0.3 is 9.47 Å². The molecule has 226 valence electrons. The summed E-state index contributed by atoms with van der Waals surface area (Å²) < 4.78 is 177.